The van der Waals surface area contributed by atoms with E-state index in [9.17, 15) is 0 Å². The van der Waals surface area contributed by atoms with Crippen molar-refractivity contribution >= 4 is 53.9 Å². The maximum Gasteiger partial charge on any atom is 0.0253 e. The molecule has 0 fully saturated rings. The Bertz CT molecular complexity index is 2880. The lowest BCUT2D eigenvalue weighted by molar-refractivity contribution is 0.240. The van der Waals surface area contributed by atoms with E-state index in [1.807, 2.05) is 0 Å². The monoisotopic (exact) mass is 1040 g/mol. The van der Waals surface area contributed by atoms with Crippen LogP contribution >= 0.6 is 0 Å². The summed E-state index contributed by atoms with van der Waals surface area (Å²) in [6.45, 7) is 24.9. The molecule has 0 aliphatic carbocycles. The predicted octanol–water partition coefficient (Wildman–Crippen LogP) is 21.5. The molecule has 0 aromatic heterocycles. The Morgan fingerprint density at radius 2 is 0.577 bits per heavy atom. The van der Waals surface area contributed by atoms with Gasteiger partial charge in [-0.3, -0.25) is 9.80 Å². The fourth-order valence-corrected chi connectivity index (χ4v) is 14.9. The van der Waals surface area contributed by atoms with E-state index in [0.29, 0.717) is 0 Å². The Labute approximate surface area is 472 Å². The lowest BCUT2D eigenvalue weighted by Crippen LogP contribution is -2.29. The zero-order valence-corrected chi connectivity index (χ0v) is 50.0. The van der Waals surface area contributed by atoms with Gasteiger partial charge in [0.05, 0.1) is 0 Å². The van der Waals surface area contributed by atoms with Crippen LogP contribution < -0.4 is 0 Å². The lowest BCUT2D eigenvalue weighted by Gasteiger charge is -2.35. The van der Waals surface area contributed by atoms with Gasteiger partial charge in [-0.2, -0.15) is 0 Å². The molecule has 8 aromatic carbocycles. The van der Waals surface area contributed by atoms with Gasteiger partial charge >= 0.3 is 0 Å². The first-order valence-corrected chi connectivity index (χ1v) is 32.2. The summed E-state index contributed by atoms with van der Waals surface area (Å²) in [6, 6.07) is 44.6. The Balaban J connectivity index is 0.977. The van der Waals surface area contributed by atoms with Crippen molar-refractivity contribution in [1.82, 2.24) is 9.80 Å². The highest BCUT2D eigenvalue weighted by molar-refractivity contribution is 6.06. The summed E-state index contributed by atoms with van der Waals surface area (Å²) < 4.78 is 0. The Kier molecular flexibility index (Phi) is 19.1. The molecule has 2 heterocycles. The second-order valence-electron chi connectivity index (χ2n) is 25.0. The van der Waals surface area contributed by atoms with Gasteiger partial charge < -0.3 is 0 Å². The van der Waals surface area contributed by atoms with Crippen LogP contribution in [0.15, 0.2) is 109 Å². The fourth-order valence-electron chi connectivity index (χ4n) is 14.9. The van der Waals surface area contributed by atoms with Crippen LogP contribution in [0, 0.1) is 23.7 Å². The minimum absolute atomic E-state index is 0.730. The van der Waals surface area contributed by atoms with Crippen LogP contribution in [0.2, 0.25) is 0 Å². The third kappa shape index (κ3) is 12.2. The maximum absolute atomic E-state index is 2.78. The summed E-state index contributed by atoms with van der Waals surface area (Å²) in [7, 11) is 0. The molecule has 0 amide bonds. The first-order chi connectivity index (χ1) is 38.3. The molecule has 10 rings (SSSR count). The zero-order valence-electron chi connectivity index (χ0n) is 50.0. The number of fused-ring (bicyclic) bond motifs is 4. The molecule has 2 heteroatoms. The number of hydrogen-bond donors (Lipinski definition) is 0. The quantitative estimate of drug-likeness (QED) is 0.0451. The van der Waals surface area contributed by atoms with Crippen molar-refractivity contribution < 1.29 is 0 Å². The molecule has 4 unspecified atom stereocenters. The maximum atomic E-state index is 2.78. The third-order valence-electron chi connectivity index (χ3n) is 19.7. The van der Waals surface area contributed by atoms with Gasteiger partial charge in [0, 0.05) is 39.3 Å². The summed E-state index contributed by atoms with van der Waals surface area (Å²) >= 11 is 0. The summed E-state index contributed by atoms with van der Waals surface area (Å²) in [6.07, 6.45) is 25.4. The molecule has 8 aromatic rings. The highest BCUT2D eigenvalue weighted by Crippen LogP contribution is 2.43. The van der Waals surface area contributed by atoms with Crippen molar-refractivity contribution in [1.29, 1.82) is 0 Å². The number of rotatable bonds is 28. The normalized spacial score (nSPS) is 15.5. The van der Waals surface area contributed by atoms with Crippen molar-refractivity contribution in [3.8, 4) is 0 Å². The van der Waals surface area contributed by atoms with E-state index in [-0.39, 0.29) is 0 Å². The standard InChI is InChI=1S/C76H98N2/c1-9-17-25-53(13-5)41-57-29-21-33-65-69(57)45-70-58(42-54(14-6)26-18-10-2)30-22-34-66(70)73(65)51-77-47-61-37-39-63-49-78(50-64-40-38-62(48-77)75(61)76(63)64)52-74-67-35-23-31-59(43-55(15-7)27-19-11-3)71(67)46-72-60(32-24-36-68(72)74)44-56(16-8)28-20-12-4/h21-24,29-40,45-46,53-56H,9-20,25-28,41-44,47-52H2,1-8H3. The summed E-state index contributed by atoms with van der Waals surface area (Å²) in [5, 5.41) is 15.0. The molecule has 0 bridgehead atoms. The number of benzene rings is 8. The summed E-state index contributed by atoms with van der Waals surface area (Å²) in [5.41, 5.74) is 15.3. The van der Waals surface area contributed by atoms with Crippen LogP contribution in [-0.4, -0.2) is 9.80 Å². The molecule has 2 aliphatic rings. The highest BCUT2D eigenvalue weighted by atomic mass is 15.1. The second kappa shape index (κ2) is 26.5. The zero-order chi connectivity index (χ0) is 54.1. The van der Waals surface area contributed by atoms with E-state index in [1.54, 1.807) is 33.0 Å². The van der Waals surface area contributed by atoms with Gasteiger partial charge in [-0.15, -0.1) is 0 Å². The molecular weight excluding hydrogens is 941 g/mol. The molecule has 0 radical (unpaired) electrons. The van der Waals surface area contributed by atoms with Gasteiger partial charge in [-0.05, 0) is 171 Å². The smallest absolute Gasteiger partial charge is 0.0253 e. The molecule has 0 saturated carbocycles. The molecule has 2 aliphatic heterocycles. The predicted molar refractivity (Wildman–Crippen MR) is 341 cm³/mol. The SMILES string of the molecule is CCCCC(CC)Cc1cccc2c(CN3Cc4ccc5c6c(ccc(c46)C3)CN(Cc3c4cccc(CC(CC)CCCC)c4cc4c(CC(CC)CCCC)cccc34)C5)c3cccc(CC(CC)CCCC)c3cc12. The van der Waals surface area contributed by atoms with Crippen LogP contribution in [0.25, 0.3) is 53.9 Å². The van der Waals surface area contributed by atoms with Crippen molar-refractivity contribution in [3.63, 3.8) is 0 Å². The molecular formula is C76H98N2. The van der Waals surface area contributed by atoms with Gasteiger partial charge in [0.1, 0.15) is 0 Å². The van der Waals surface area contributed by atoms with Gasteiger partial charge in [0.2, 0.25) is 0 Å². The largest absolute Gasteiger partial charge is 0.290 e. The Morgan fingerprint density at radius 3 is 0.808 bits per heavy atom. The van der Waals surface area contributed by atoms with E-state index >= 15 is 0 Å². The average molecular weight is 1040 g/mol. The second-order valence-corrected chi connectivity index (χ2v) is 25.0. The fraction of sp³-hybridized carbons (Fsp3) is 0.500. The molecule has 0 saturated heterocycles. The average Bonchev–Trinajstić information content (AvgIpc) is 3.66. The van der Waals surface area contributed by atoms with Gasteiger partial charge in [-0.25, -0.2) is 0 Å². The first kappa shape index (κ1) is 56.3. The Morgan fingerprint density at radius 1 is 0.321 bits per heavy atom. The van der Waals surface area contributed by atoms with E-state index < -0.39 is 0 Å². The lowest BCUT2D eigenvalue weighted by atomic mass is 9.84. The summed E-state index contributed by atoms with van der Waals surface area (Å²) in [5.74, 6) is 2.92. The molecule has 2 nitrogen and oxygen atoms in total. The van der Waals surface area contributed by atoms with Gasteiger partial charge in [0.15, 0.2) is 0 Å². The molecule has 0 spiro atoms. The first-order valence-electron chi connectivity index (χ1n) is 32.2. The van der Waals surface area contributed by atoms with Crippen LogP contribution in [0.1, 0.15) is 214 Å². The molecule has 78 heavy (non-hydrogen) atoms. The molecule has 4 atom stereocenters. The van der Waals surface area contributed by atoms with E-state index in [0.717, 1.165) is 62.9 Å². The van der Waals surface area contributed by atoms with E-state index in [4.69, 9.17) is 0 Å². The molecule has 412 valence electrons. The van der Waals surface area contributed by atoms with Crippen molar-refractivity contribution in [2.24, 2.45) is 23.7 Å². The third-order valence-corrected chi connectivity index (χ3v) is 19.7. The van der Waals surface area contributed by atoms with Crippen molar-refractivity contribution in [2.45, 2.75) is 223 Å². The van der Waals surface area contributed by atoms with E-state index in [2.05, 4.69) is 174 Å². The van der Waals surface area contributed by atoms with Crippen molar-refractivity contribution in [3.05, 3.63) is 165 Å². The van der Waals surface area contributed by atoms with Crippen LogP contribution in [0.5, 0.6) is 0 Å². The van der Waals surface area contributed by atoms with Crippen LogP contribution in [-0.2, 0) is 65.0 Å². The number of unbranched alkanes of at least 4 members (excludes halogenated alkanes) is 4. The van der Waals surface area contributed by atoms with Gasteiger partial charge in [-0.1, -0.05) is 255 Å². The minimum Gasteiger partial charge on any atom is -0.290 e. The van der Waals surface area contributed by atoms with Crippen LogP contribution in [0.3, 0.4) is 0 Å². The van der Waals surface area contributed by atoms with Crippen LogP contribution in [0.4, 0.5) is 0 Å². The number of nitrogens with zero attached hydrogens (tertiary/aromatic N) is 2. The number of hydrogen-bond acceptors (Lipinski definition) is 2. The highest BCUT2D eigenvalue weighted by Gasteiger charge is 2.28. The van der Waals surface area contributed by atoms with Gasteiger partial charge in [0.25, 0.3) is 0 Å². The Hall–Kier alpha value is -5.02. The summed E-state index contributed by atoms with van der Waals surface area (Å²) in [4.78, 5) is 5.56. The minimum atomic E-state index is 0.730. The molecule has 0 N–H and O–H groups in total. The topological polar surface area (TPSA) is 6.48 Å². The van der Waals surface area contributed by atoms with E-state index in [1.165, 1.54) is 205 Å². The van der Waals surface area contributed by atoms with Crippen molar-refractivity contribution in [2.75, 3.05) is 0 Å².